The number of nitrogens with one attached hydrogen (secondary N) is 1. The molecule has 3 saturated heterocycles. The maximum absolute atomic E-state index is 12.1. The molecule has 5 heterocycles. The van der Waals surface area contributed by atoms with Gasteiger partial charge in [0, 0.05) is 30.6 Å². The van der Waals surface area contributed by atoms with E-state index in [2.05, 4.69) is 11.9 Å². The minimum atomic E-state index is -1.13. The van der Waals surface area contributed by atoms with Crippen LogP contribution in [0.5, 0.6) is 5.75 Å². The third-order valence-electron chi connectivity index (χ3n) is 7.35. The summed E-state index contributed by atoms with van der Waals surface area (Å²) in [5, 5.41) is 22.5. The Morgan fingerprint density at radius 1 is 1.40 bits per heavy atom. The fraction of sp³-hybridized carbons (Fsp3) is 0.550. The number of piperidine rings is 3. The van der Waals surface area contributed by atoms with Crippen molar-refractivity contribution in [2.45, 2.75) is 38.6 Å². The van der Waals surface area contributed by atoms with Gasteiger partial charge in [0.05, 0.1) is 36.4 Å². The highest BCUT2D eigenvalue weighted by atomic mass is 16.4. The van der Waals surface area contributed by atoms with Crippen molar-refractivity contribution >= 4 is 16.9 Å². The lowest BCUT2D eigenvalue weighted by Crippen LogP contribution is -2.65. The van der Waals surface area contributed by atoms with Crippen molar-refractivity contribution in [2.75, 3.05) is 19.6 Å². The van der Waals surface area contributed by atoms with Gasteiger partial charge in [-0.05, 0) is 17.9 Å². The Morgan fingerprint density at radius 3 is 3.00 bits per heavy atom. The predicted molar refractivity (Wildman–Crippen MR) is 92.5 cm³/mol. The van der Waals surface area contributed by atoms with E-state index in [0.29, 0.717) is 11.6 Å². The third-order valence-corrected chi connectivity index (χ3v) is 7.35. The van der Waals surface area contributed by atoms with Crippen LogP contribution < -0.4 is 5.11 Å². The van der Waals surface area contributed by atoms with Gasteiger partial charge in [-0.15, -0.1) is 0 Å². The van der Waals surface area contributed by atoms with Gasteiger partial charge in [-0.2, -0.15) is 0 Å². The second-order valence-electron chi connectivity index (χ2n) is 8.25. The highest BCUT2D eigenvalue weighted by molar-refractivity contribution is 6.05. The first-order valence-corrected chi connectivity index (χ1v) is 9.47. The second kappa shape index (κ2) is 5.01. The normalized spacial score (nSPS) is 33.2. The van der Waals surface area contributed by atoms with Crippen LogP contribution in [0.1, 0.15) is 53.8 Å². The van der Waals surface area contributed by atoms with Gasteiger partial charge in [-0.3, -0.25) is 0 Å². The molecule has 2 aromatic rings. The zero-order valence-corrected chi connectivity index (χ0v) is 14.5. The molecule has 6 rings (SSSR count). The Kier molecular flexibility index (Phi) is 3.06. The zero-order chi connectivity index (χ0) is 17.3. The molecule has 0 saturated carbocycles. The number of benzene rings is 1. The predicted octanol–water partition coefficient (Wildman–Crippen LogP) is 2.80. The molecular formula is C20H24N2O3. The molecule has 2 bridgehead atoms. The van der Waals surface area contributed by atoms with Crippen LogP contribution in [-0.4, -0.2) is 40.2 Å². The fourth-order valence-electron chi connectivity index (χ4n) is 6.10. The van der Waals surface area contributed by atoms with Crippen molar-refractivity contribution in [1.82, 2.24) is 4.98 Å². The van der Waals surface area contributed by atoms with Gasteiger partial charge in [0.15, 0.2) is 0 Å². The second-order valence-corrected chi connectivity index (χ2v) is 8.25. The number of hydrogen-bond donors (Lipinski definition) is 2. The van der Waals surface area contributed by atoms with Gasteiger partial charge < -0.3 is 19.7 Å². The van der Waals surface area contributed by atoms with Crippen molar-refractivity contribution in [2.24, 2.45) is 11.8 Å². The Labute approximate surface area is 146 Å². The molecule has 25 heavy (non-hydrogen) atoms. The number of aromatic carboxylic acids is 1. The molecule has 0 radical (unpaired) electrons. The van der Waals surface area contributed by atoms with Crippen LogP contribution in [0.15, 0.2) is 12.1 Å². The number of carboxylic acid groups (broad SMARTS) is 1. The number of fused-ring (bicyclic) bond motifs is 5. The number of rotatable bonds is 2. The van der Waals surface area contributed by atoms with Crippen LogP contribution in [-0.2, 0) is 6.42 Å². The Morgan fingerprint density at radius 2 is 2.24 bits per heavy atom. The van der Waals surface area contributed by atoms with E-state index in [1.807, 2.05) is 6.07 Å². The molecule has 1 aromatic heterocycles. The topological polar surface area (TPSA) is 76.2 Å². The average molecular weight is 340 g/mol. The molecule has 1 spiro atoms. The number of aromatic amines is 1. The molecule has 1 aromatic carbocycles. The van der Waals surface area contributed by atoms with Gasteiger partial charge in [-0.25, -0.2) is 4.79 Å². The first-order chi connectivity index (χ1) is 12.0. The van der Waals surface area contributed by atoms with E-state index < -0.39 is 11.7 Å². The quantitative estimate of drug-likeness (QED) is 0.826. The maximum Gasteiger partial charge on any atom is 0.337 e. The van der Waals surface area contributed by atoms with Crippen LogP contribution in [0.25, 0.3) is 10.9 Å². The summed E-state index contributed by atoms with van der Waals surface area (Å²) < 4.78 is 1.17. The highest BCUT2D eigenvalue weighted by Crippen LogP contribution is 2.53. The SMILES string of the molecule is CCC1C[N+]23CCc4c([nH]c5c(C(=O)O)c([O-])ccc45)C2CC1CC3. The minimum Gasteiger partial charge on any atom is -0.872 e. The zero-order valence-electron chi connectivity index (χ0n) is 14.5. The Balaban J connectivity index is 1.68. The van der Waals surface area contributed by atoms with E-state index in [1.165, 1.54) is 54.2 Å². The van der Waals surface area contributed by atoms with E-state index in [0.717, 1.165) is 30.2 Å². The first kappa shape index (κ1) is 15.3. The number of hydrogen-bond acceptors (Lipinski definition) is 2. The van der Waals surface area contributed by atoms with E-state index in [1.54, 1.807) is 0 Å². The van der Waals surface area contributed by atoms with Crippen LogP contribution in [0.4, 0.5) is 0 Å². The molecule has 5 nitrogen and oxygen atoms in total. The van der Waals surface area contributed by atoms with Gasteiger partial charge in [-0.1, -0.05) is 24.8 Å². The lowest BCUT2D eigenvalue weighted by molar-refractivity contribution is -0.978. The van der Waals surface area contributed by atoms with Crippen LogP contribution >= 0.6 is 0 Å². The molecule has 4 aliphatic heterocycles. The standard InChI is InChI=1S/C20H24N2O3/c1-2-11-10-22-7-5-12(11)9-15(22)18-14(6-8-22)13-3-4-16(23)17(20(24)25)19(13)21-18/h3-4,11-12,15,21H,2,5-10H2,1H3,(H-,23,24,25). The number of carboxylic acids is 1. The Hall–Kier alpha value is -2.01. The molecule has 4 atom stereocenters. The third kappa shape index (κ3) is 1.90. The van der Waals surface area contributed by atoms with Gasteiger partial charge in [0.2, 0.25) is 0 Å². The average Bonchev–Trinajstić information content (AvgIpc) is 2.99. The molecule has 4 unspecified atom stereocenters. The summed E-state index contributed by atoms with van der Waals surface area (Å²) in [5.74, 6) is 0.0914. The number of H-pyrrole nitrogens is 1. The molecule has 2 N–H and O–H groups in total. The lowest BCUT2D eigenvalue weighted by atomic mass is 9.70. The van der Waals surface area contributed by atoms with Crippen LogP contribution in [0, 0.1) is 11.8 Å². The van der Waals surface area contributed by atoms with Crippen LogP contribution in [0.3, 0.4) is 0 Å². The fourth-order valence-corrected chi connectivity index (χ4v) is 6.10. The summed E-state index contributed by atoms with van der Waals surface area (Å²) >= 11 is 0. The van der Waals surface area contributed by atoms with E-state index in [9.17, 15) is 15.0 Å². The van der Waals surface area contributed by atoms with Crippen molar-refractivity contribution in [3.63, 3.8) is 0 Å². The van der Waals surface area contributed by atoms with Gasteiger partial charge >= 0.3 is 5.97 Å². The highest BCUT2D eigenvalue weighted by Gasteiger charge is 2.54. The summed E-state index contributed by atoms with van der Waals surface area (Å²) in [5.41, 5.74) is 2.92. The van der Waals surface area contributed by atoms with Crippen molar-refractivity contribution < 1.29 is 19.5 Å². The van der Waals surface area contributed by atoms with E-state index >= 15 is 0 Å². The summed E-state index contributed by atoms with van der Waals surface area (Å²) in [6.07, 6.45) is 4.77. The number of nitrogens with zero attached hydrogens (tertiary/aromatic N) is 1. The van der Waals surface area contributed by atoms with Crippen molar-refractivity contribution in [1.29, 1.82) is 0 Å². The van der Waals surface area contributed by atoms with Gasteiger partial charge in [0.25, 0.3) is 0 Å². The molecule has 5 heteroatoms. The molecular weight excluding hydrogens is 316 g/mol. The van der Waals surface area contributed by atoms with Gasteiger partial charge in [0.1, 0.15) is 6.04 Å². The molecule has 0 amide bonds. The number of aromatic nitrogens is 1. The van der Waals surface area contributed by atoms with E-state index in [-0.39, 0.29) is 5.56 Å². The monoisotopic (exact) mass is 340 g/mol. The largest absolute Gasteiger partial charge is 0.872 e. The molecule has 3 fully saturated rings. The summed E-state index contributed by atoms with van der Waals surface area (Å²) in [6.45, 7) is 5.97. The minimum absolute atomic E-state index is 0.0964. The molecule has 132 valence electrons. The van der Waals surface area contributed by atoms with E-state index in [4.69, 9.17) is 0 Å². The summed E-state index contributed by atoms with van der Waals surface area (Å²) in [7, 11) is 0. The smallest absolute Gasteiger partial charge is 0.337 e. The number of quaternary nitrogens is 1. The van der Waals surface area contributed by atoms with Crippen molar-refractivity contribution in [3.8, 4) is 5.75 Å². The lowest BCUT2D eigenvalue weighted by Gasteiger charge is -2.59. The molecule has 0 aliphatic carbocycles. The van der Waals surface area contributed by atoms with Crippen LogP contribution in [0.2, 0.25) is 0 Å². The first-order valence-electron chi connectivity index (χ1n) is 9.47. The Bertz CT molecular complexity index is 887. The molecule has 4 aliphatic rings. The summed E-state index contributed by atoms with van der Waals surface area (Å²) in [4.78, 5) is 15.0. The summed E-state index contributed by atoms with van der Waals surface area (Å²) in [6, 6.07) is 3.69. The number of carbonyl (C=O) groups is 1. The maximum atomic E-state index is 12.1. The van der Waals surface area contributed by atoms with Crippen molar-refractivity contribution in [3.05, 3.63) is 29.0 Å².